The number of alkyl halides is 3. The topological polar surface area (TPSA) is 56.3 Å². The third-order valence-electron chi connectivity index (χ3n) is 4.95. The van der Waals surface area contributed by atoms with Crippen molar-refractivity contribution in [3.8, 4) is 16.8 Å². The van der Waals surface area contributed by atoms with Gasteiger partial charge in [-0.3, -0.25) is 4.90 Å². The van der Waals surface area contributed by atoms with E-state index in [0.29, 0.717) is 25.6 Å². The molecule has 2 N–H and O–H groups in total. The predicted octanol–water partition coefficient (Wildman–Crippen LogP) is 3.97. The van der Waals surface area contributed by atoms with Gasteiger partial charge in [0.05, 0.1) is 30.2 Å². The van der Waals surface area contributed by atoms with E-state index in [2.05, 4.69) is 10.00 Å². The highest BCUT2D eigenvalue weighted by atomic mass is 19.4. The molecule has 5 nitrogen and oxygen atoms in total. The molecule has 0 atom stereocenters. The van der Waals surface area contributed by atoms with E-state index in [4.69, 9.17) is 10.5 Å². The lowest BCUT2D eigenvalue weighted by molar-refractivity contribution is -0.137. The monoisotopic (exact) mass is 402 g/mol. The number of hydrogen-bond acceptors (Lipinski definition) is 4. The molecule has 0 aliphatic carbocycles. The molecule has 1 saturated heterocycles. The molecule has 152 valence electrons. The molecule has 1 aliphatic heterocycles. The van der Waals surface area contributed by atoms with E-state index in [0.717, 1.165) is 42.0 Å². The highest BCUT2D eigenvalue weighted by Crippen LogP contribution is 2.34. The van der Waals surface area contributed by atoms with Crippen molar-refractivity contribution in [3.63, 3.8) is 0 Å². The SMILES string of the molecule is Nc1c(-c2ccccc2)c(CN2CCOCC2)nn1-c1cccc(C(F)(F)F)c1. The lowest BCUT2D eigenvalue weighted by Gasteiger charge is -2.26. The van der Waals surface area contributed by atoms with E-state index in [9.17, 15) is 13.2 Å². The quantitative estimate of drug-likeness (QED) is 0.718. The van der Waals surface area contributed by atoms with Crippen molar-refractivity contribution in [3.05, 3.63) is 65.9 Å². The van der Waals surface area contributed by atoms with Gasteiger partial charge in [-0.15, -0.1) is 0 Å². The molecule has 0 bridgehead atoms. The number of nitrogen functional groups attached to an aromatic ring is 1. The Bertz CT molecular complexity index is 979. The molecule has 0 amide bonds. The third-order valence-corrected chi connectivity index (χ3v) is 4.95. The summed E-state index contributed by atoms with van der Waals surface area (Å²) in [5.74, 6) is 0.318. The molecule has 0 spiro atoms. The molecule has 4 rings (SSSR count). The Balaban J connectivity index is 1.79. The minimum absolute atomic E-state index is 0.280. The smallest absolute Gasteiger partial charge is 0.383 e. The molecule has 3 aromatic rings. The van der Waals surface area contributed by atoms with Gasteiger partial charge in [0.25, 0.3) is 0 Å². The fourth-order valence-electron chi connectivity index (χ4n) is 3.49. The maximum Gasteiger partial charge on any atom is 0.416 e. The average Bonchev–Trinajstić information content (AvgIpc) is 3.04. The minimum atomic E-state index is -4.43. The van der Waals surface area contributed by atoms with Gasteiger partial charge < -0.3 is 10.5 Å². The first-order valence-electron chi connectivity index (χ1n) is 9.34. The number of nitrogens with two attached hydrogens (primary N) is 1. The number of aromatic nitrogens is 2. The van der Waals surface area contributed by atoms with Crippen LogP contribution in [0.2, 0.25) is 0 Å². The first kappa shape index (κ1) is 19.5. The summed E-state index contributed by atoms with van der Waals surface area (Å²) in [5.41, 5.74) is 8.31. The highest BCUT2D eigenvalue weighted by molar-refractivity contribution is 5.77. The summed E-state index contributed by atoms with van der Waals surface area (Å²) in [4.78, 5) is 2.20. The molecule has 29 heavy (non-hydrogen) atoms. The van der Waals surface area contributed by atoms with Crippen LogP contribution in [0, 0.1) is 0 Å². The van der Waals surface area contributed by atoms with Crippen LogP contribution in [0.15, 0.2) is 54.6 Å². The Morgan fingerprint density at radius 1 is 1.00 bits per heavy atom. The maximum atomic E-state index is 13.2. The molecule has 0 radical (unpaired) electrons. The maximum absolute atomic E-state index is 13.2. The molecule has 1 aromatic heterocycles. The molecule has 0 saturated carbocycles. The second kappa shape index (κ2) is 7.88. The summed E-state index contributed by atoms with van der Waals surface area (Å²) < 4.78 is 46.3. The lowest BCUT2D eigenvalue weighted by Crippen LogP contribution is -2.35. The van der Waals surface area contributed by atoms with Crippen molar-refractivity contribution in [2.45, 2.75) is 12.7 Å². The lowest BCUT2D eigenvalue weighted by atomic mass is 10.0. The number of anilines is 1. The van der Waals surface area contributed by atoms with Gasteiger partial charge in [-0.05, 0) is 23.8 Å². The average molecular weight is 402 g/mol. The van der Waals surface area contributed by atoms with Gasteiger partial charge in [-0.25, -0.2) is 4.68 Å². The molecule has 1 aliphatic rings. The number of rotatable bonds is 4. The third kappa shape index (κ3) is 4.13. The van der Waals surface area contributed by atoms with Crippen LogP contribution >= 0.6 is 0 Å². The van der Waals surface area contributed by atoms with Crippen LogP contribution in [0.25, 0.3) is 16.8 Å². The Kier molecular flexibility index (Phi) is 5.29. The van der Waals surface area contributed by atoms with Gasteiger partial charge in [0.15, 0.2) is 0 Å². The van der Waals surface area contributed by atoms with Crippen molar-refractivity contribution in [1.82, 2.24) is 14.7 Å². The number of benzene rings is 2. The van der Waals surface area contributed by atoms with Crippen LogP contribution in [0.1, 0.15) is 11.3 Å². The first-order valence-corrected chi connectivity index (χ1v) is 9.34. The van der Waals surface area contributed by atoms with E-state index >= 15 is 0 Å². The van der Waals surface area contributed by atoms with Gasteiger partial charge >= 0.3 is 6.18 Å². The molecule has 2 heterocycles. The second-order valence-corrected chi connectivity index (χ2v) is 6.92. The largest absolute Gasteiger partial charge is 0.416 e. The van der Waals surface area contributed by atoms with E-state index in [1.807, 2.05) is 30.3 Å². The summed E-state index contributed by atoms with van der Waals surface area (Å²) in [6.45, 7) is 3.37. The zero-order valence-corrected chi connectivity index (χ0v) is 15.7. The molecule has 8 heteroatoms. The highest BCUT2D eigenvalue weighted by Gasteiger charge is 2.31. The van der Waals surface area contributed by atoms with Crippen molar-refractivity contribution in [1.29, 1.82) is 0 Å². The number of nitrogens with zero attached hydrogens (tertiary/aromatic N) is 3. The van der Waals surface area contributed by atoms with Gasteiger partial charge in [0.1, 0.15) is 5.82 Å². The number of morpholine rings is 1. The second-order valence-electron chi connectivity index (χ2n) is 6.92. The van der Waals surface area contributed by atoms with E-state index < -0.39 is 11.7 Å². The number of hydrogen-bond donors (Lipinski definition) is 1. The van der Waals surface area contributed by atoms with Gasteiger partial charge in [0, 0.05) is 25.2 Å². The summed E-state index contributed by atoms with van der Waals surface area (Å²) in [6, 6.07) is 14.6. The minimum Gasteiger partial charge on any atom is -0.383 e. The van der Waals surface area contributed by atoms with Crippen LogP contribution in [-0.4, -0.2) is 41.0 Å². The van der Waals surface area contributed by atoms with Crippen molar-refractivity contribution >= 4 is 5.82 Å². The Labute approximate surface area is 166 Å². The standard InChI is InChI=1S/C21H21F3N4O/c22-21(23,24)16-7-4-8-17(13-16)28-20(25)19(15-5-2-1-3-6-15)18(26-28)14-27-9-11-29-12-10-27/h1-8,13H,9-12,14,25H2. The van der Waals surface area contributed by atoms with Crippen LogP contribution < -0.4 is 5.73 Å². The van der Waals surface area contributed by atoms with Gasteiger partial charge in [0.2, 0.25) is 0 Å². The molecular formula is C21H21F3N4O. The van der Waals surface area contributed by atoms with Crippen molar-refractivity contribution in [2.75, 3.05) is 32.0 Å². The van der Waals surface area contributed by atoms with E-state index in [1.165, 1.54) is 10.7 Å². The number of ether oxygens (including phenoxy) is 1. The zero-order valence-electron chi connectivity index (χ0n) is 15.7. The molecule has 1 fully saturated rings. The van der Waals surface area contributed by atoms with Crippen molar-refractivity contribution < 1.29 is 17.9 Å². The van der Waals surface area contributed by atoms with Gasteiger partial charge in [-0.1, -0.05) is 36.4 Å². The molecular weight excluding hydrogens is 381 g/mol. The summed E-state index contributed by atoms with van der Waals surface area (Å²) in [5, 5.41) is 4.62. The normalized spacial score (nSPS) is 15.6. The van der Waals surface area contributed by atoms with Crippen LogP contribution in [-0.2, 0) is 17.5 Å². The molecule has 2 aromatic carbocycles. The van der Waals surface area contributed by atoms with Crippen LogP contribution in [0.4, 0.5) is 19.0 Å². The Hall–Kier alpha value is -2.84. The van der Waals surface area contributed by atoms with Gasteiger partial charge in [-0.2, -0.15) is 18.3 Å². The number of halogens is 3. The molecule has 0 unspecified atom stereocenters. The van der Waals surface area contributed by atoms with Crippen molar-refractivity contribution in [2.24, 2.45) is 0 Å². The Morgan fingerprint density at radius 2 is 1.72 bits per heavy atom. The fraction of sp³-hybridized carbons (Fsp3) is 0.286. The summed E-state index contributed by atoms with van der Waals surface area (Å²) >= 11 is 0. The van der Waals surface area contributed by atoms with Crippen LogP contribution in [0.5, 0.6) is 0 Å². The zero-order chi connectivity index (χ0) is 20.4. The summed E-state index contributed by atoms with van der Waals surface area (Å²) in [7, 11) is 0. The Morgan fingerprint density at radius 3 is 2.41 bits per heavy atom. The van der Waals surface area contributed by atoms with E-state index in [1.54, 1.807) is 6.07 Å². The predicted molar refractivity (Wildman–Crippen MR) is 105 cm³/mol. The fourth-order valence-corrected chi connectivity index (χ4v) is 3.49. The first-order chi connectivity index (χ1) is 13.9. The van der Waals surface area contributed by atoms with E-state index in [-0.39, 0.29) is 5.69 Å². The van der Waals surface area contributed by atoms with Crippen LogP contribution in [0.3, 0.4) is 0 Å². The summed E-state index contributed by atoms with van der Waals surface area (Å²) in [6.07, 6.45) is -4.43.